The second-order valence-corrected chi connectivity index (χ2v) is 6.38. The van der Waals surface area contributed by atoms with Crippen LogP contribution in [0.3, 0.4) is 0 Å². The van der Waals surface area contributed by atoms with Crippen molar-refractivity contribution in [1.29, 1.82) is 0 Å². The summed E-state index contributed by atoms with van der Waals surface area (Å²) < 4.78 is 11.4. The van der Waals surface area contributed by atoms with Gasteiger partial charge in [-0.05, 0) is 51.1 Å². The van der Waals surface area contributed by atoms with Gasteiger partial charge in [0.1, 0.15) is 6.61 Å². The molecule has 0 bridgehead atoms. The summed E-state index contributed by atoms with van der Waals surface area (Å²) in [4.78, 5) is 23.5. The minimum atomic E-state index is -0.0221. The standard InChI is InChI=1S/C22H25N3O3/c1-5-25(6-2)22(26)16-11-12-20(21(13-16)27-4)28-14-19-15(3)23-17-9-7-8-10-18(17)24-19/h7-13H,5-6,14H2,1-4H3. The molecule has 0 atom stereocenters. The highest BCUT2D eigenvalue weighted by Gasteiger charge is 2.16. The van der Waals surface area contributed by atoms with Crippen molar-refractivity contribution in [2.45, 2.75) is 27.4 Å². The number of carbonyl (C=O) groups is 1. The molecule has 1 amide bonds. The molecule has 0 spiro atoms. The molecule has 0 unspecified atom stereocenters. The molecule has 1 heterocycles. The van der Waals surface area contributed by atoms with Gasteiger partial charge >= 0.3 is 0 Å². The van der Waals surface area contributed by atoms with Crippen LogP contribution in [-0.2, 0) is 6.61 Å². The number of benzene rings is 2. The number of aromatic nitrogens is 2. The lowest BCUT2D eigenvalue weighted by Gasteiger charge is -2.19. The Hall–Kier alpha value is -3.15. The van der Waals surface area contributed by atoms with E-state index in [1.807, 2.05) is 45.0 Å². The Morgan fingerprint density at radius 1 is 1.00 bits per heavy atom. The van der Waals surface area contributed by atoms with Crippen molar-refractivity contribution in [3.63, 3.8) is 0 Å². The fourth-order valence-electron chi connectivity index (χ4n) is 3.02. The molecule has 146 valence electrons. The number of carbonyl (C=O) groups excluding carboxylic acids is 1. The molecule has 0 radical (unpaired) electrons. The molecular weight excluding hydrogens is 354 g/mol. The van der Waals surface area contributed by atoms with Crippen LogP contribution in [0.1, 0.15) is 35.6 Å². The Labute approximate surface area is 165 Å². The normalized spacial score (nSPS) is 10.7. The van der Waals surface area contributed by atoms with Crippen molar-refractivity contribution >= 4 is 16.9 Å². The quantitative estimate of drug-likeness (QED) is 0.621. The number of methoxy groups -OCH3 is 1. The molecule has 28 heavy (non-hydrogen) atoms. The van der Waals surface area contributed by atoms with E-state index in [0.29, 0.717) is 30.2 Å². The summed E-state index contributed by atoms with van der Waals surface area (Å²) in [6.07, 6.45) is 0. The predicted octanol–water partition coefficient (Wildman–Crippen LogP) is 4.01. The van der Waals surface area contributed by atoms with E-state index >= 15 is 0 Å². The first-order valence-electron chi connectivity index (χ1n) is 9.39. The van der Waals surface area contributed by atoms with E-state index in [2.05, 4.69) is 9.97 Å². The van der Waals surface area contributed by atoms with Gasteiger partial charge in [0.2, 0.25) is 0 Å². The van der Waals surface area contributed by atoms with Crippen molar-refractivity contribution < 1.29 is 14.3 Å². The Balaban J connectivity index is 1.81. The summed E-state index contributed by atoms with van der Waals surface area (Å²) in [5.41, 5.74) is 3.86. The minimum Gasteiger partial charge on any atom is -0.493 e. The van der Waals surface area contributed by atoms with Gasteiger partial charge in [-0.15, -0.1) is 0 Å². The molecule has 0 saturated heterocycles. The first-order chi connectivity index (χ1) is 13.6. The number of aryl methyl sites for hydroxylation is 1. The topological polar surface area (TPSA) is 64.6 Å². The van der Waals surface area contributed by atoms with Crippen LogP contribution in [0.25, 0.3) is 11.0 Å². The molecule has 3 rings (SSSR count). The minimum absolute atomic E-state index is 0.0221. The van der Waals surface area contributed by atoms with E-state index < -0.39 is 0 Å². The average molecular weight is 379 g/mol. The van der Waals surface area contributed by atoms with Gasteiger partial charge in [0.25, 0.3) is 5.91 Å². The van der Waals surface area contributed by atoms with E-state index in [4.69, 9.17) is 9.47 Å². The number of amides is 1. The van der Waals surface area contributed by atoms with Crippen molar-refractivity contribution in [2.75, 3.05) is 20.2 Å². The van der Waals surface area contributed by atoms with Gasteiger partial charge in [0, 0.05) is 18.7 Å². The highest BCUT2D eigenvalue weighted by Crippen LogP contribution is 2.29. The van der Waals surface area contributed by atoms with Crippen LogP contribution in [0.5, 0.6) is 11.5 Å². The number of nitrogens with zero attached hydrogens (tertiary/aromatic N) is 3. The fraction of sp³-hybridized carbons (Fsp3) is 0.318. The van der Waals surface area contributed by atoms with Crippen LogP contribution in [0.15, 0.2) is 42.5 Å². The zero-order chi connectivity index (χ0) is 20.1. The average Bonchev–Trinajstić information content (AvgIpc) is 2.72. The largest absolute Gasteiger partial charge is 0.493 e. The van der Waals surface area contributed by atoms with E-state index in [-0.39, 0.29) is 12.5 Å². The third-order valence-corrected chi connectivity index (χ3v) is 4.67. The van der Waals surface area contributed by atoms with Gasteiger partial charge in [-0.1, -0.05) is 12.1 Å². The maximum absolute atomic E-state index is 12.5. The summed E-state index contributed by atoms with van der Waals surface area (Å²) in [6, 6.07) is 13.0. The molecule has 0 aliphatic carbocycles. The second-order valence-electron chi connectivity index (χ2n) is 6.38. The zero-order valence-electron chi connectivity index (χ0n) is 16.7. The van der Waals surface area contributed by atoms with E-state index in [9.17, 15) is 4.79 Å². The van der Waals surface area contributed by atoms with Gasteiger partial charge in [-0.25, -0.2) is 9.97 Å². The molecule has 6 nitrogen and oxygen atoms in total. The predicted molar refractivity (Wildman–Crippen MR) is 109 cm³/mol. The SMILES string of the molecule is CCN(CC)C(=O)c1ccc(OCc2nc3ccccc3nc2C)c(OC)c1. The third-order valence-electron chi connectivity index (χ3n) is 4.67. The van der Waals surface area contributed by atoms with Crippen LogP contribution in [0, 0.1) is 6.92 Å². The summed E-state index contributed by atoms with van der Waals surface area (Å²) in [5.74, 6) is 1.06. The summed E-state index contributed by atoms with van der Waals surface area (Å²) in [7, 11) is 1.56. The molecule has 0 fully saturated rings. The van der Waals surface area contributed by atoms with Crippen molar-refractivity contribution in [3.8, 4) is 11.5 Å². The van der Waals surface area contributed by atoms with Crippen LogP contribution in [0.2, 0.25) is 0 Å². The molecule has 6 heteroatoms. The maximum Gasteiger partial charge on any atom is 0.253 e. The lowest BCUT2D eigenvalue weighted by molar-refractivity contribution is 0.0772. The number of ether oxygens (including phenoxy) is 2. The maximum atomic E-state index is 12.5. The number of fused-ring (bicyclic) bond motifs is 1. The molecule has 0 aliphatic rings. The summed E-state index contributed by atoms with van der Waals surface area (Å²) >= 11 is 0. The van der Waals surface area contributed by atoms with Gasteiger partial charge < -0.3 is 14.4 Å². The molecule has 2 aromatic carbocycles. The first-order valence-corrected chi connectivity index (χ1v) is 9.39. The van der Waals surface area contributed by atoms with Crippen LogP contribution >= 0.6 is 0 Å². The molecule has 3 aromatic rings. The highest BCUT2D eigenvalue weighted by molar-refractivity contribution is 5.94. The number of hydrogen-bond donors (Lipinski definition) is 0. The number of para-hydroxylation sites is 2. The number of rotatable bonds is 7. The van der Waals surface area contributed by atoms with Crippen LogP contribution in [-0.4, -0.2) is 41.0 Å². The molecule has 1 aromatic heterocycles. The van der Waals surface area contributed by atoms with Gasteiger partial charge in [-0.2, -0.15) is 0 Å². The fourth-order valence-corrected chi connectivity index (χ4v) is 3.02. The van der Waals surface area contributed by atoms with Gasteiger partial charge in [0.05, 0.1) is 29.5 Å². The zero-order valence-corrected chi connectivity index (χ0v) is 16.7. The Kier molecular flexibility index (Phi) is 6.09. The van der Waals surface area contributed by atoms with Crippen LogP contribution < -0.4 is 9.47 Å². The van der Waals surface area contributed by atoms with E-state index in [1.54, 1.807) is 30.2 Å². The van der Waals surface area contributed by atoms with Crippen molar-refractivity contribution in [3.05, 3.63) is 59.4 Å². The lowest BCUT2D eigenvalue weighted by atomic mass is 10.1. The molecule has 0 saturated carbocycles. The first kappa shape index (κ1) is 19.6. The van der Waals surface area contributed by atoms with Gasteiger partial charge in [-0.3, -0.25) is 4.79 Å². The van der Waals surface area contributed by atoms with Gasteiger partial charge in [0.15, 0.2) is 11.5 Å². The molecule has 0 N–H and O–H groups in total. The third kappa shape index (κ3) is 4.06. The smallest absolute Gasteiger partial charge is 0.253 e. The van der Waals surface area contributed by atoms with Crippen LogP contribution in [0.4, 0.5) is 0 Å². The van der Waals surface area contributed by atoms with E-state index in [0.717, 1.165) is 22.4 Å². The Morgan fingerprint density at radius 2 is 1.68 bits per heavy atom. The highest BCUT2D eigenvalue weighted by atomic mass is 16.5. The van der Waals surface area contributed by atoms with Crippen molar-refractivity contribution in [1.82, 2.24) is 14.9 Å². The molecule has 0 aliphatic heterocycles. The molecular formula is C22H25N3O3. The summed E-state index contributed by atoms with van der Waals surface area (Å²) in [5, 5.41) is 0. The van der Waals surface area contributed by atoms with Crippen molar-refractivity contribution in [2.24, 2.45) is 0 Å². The Morgan fingerprint density at radius 3 is 2.32 bits per heavy atom. The Bertz CT molecular complexity index is 984. The number of hydrogen-bond acceptors (Lipinski definition) is 5. The second kappa shape index (κ2) is 8.69. The summed E-state index contributed by atoms with van der Waals surface area (Å²) in [6.45, 7) is 7.43. The lowest BCUT2D eigenvalue weighted by Crippen LogP contribution is -2.30. The monoisotopic (exact) mass is 379 g/mol. The van der Waals surface area contributed by atoms with E-state index in [1.165, 1.54) is 0 Å².